The van der Waals surface area contributed by atoms with Gasteiger partial charge in [-0.1, -0.05) is 67.6 Å². The minimum absolute atomic E-state index is 0.0114. The fourth-order valence-electron chi connectivity index (χ4n) is 3.69. The number of β-lactam (4-membered cyclic amide) rings is 1. The van der Waals surface area contributed by atoms with Crippen molar-refractivity contribution in [2.24, 2.45) is 5.92 Å². The van der Waals surface area contributed by atoms with Crippen LogP contribution in [0.3, 0.4) is 0 Å². The van der Waals surface area contributed by atoms with E-state index >= 15 is 0 Å². The summed E-state index contributed by atoms with van der Waals surface area (Å²) in [6.07, 6.45) is 1.19. The SMILES string of the molecule is COC(=O)[C@]1(Cc2ccccc2)[C@H](C)C(=O)N1CCc1ccccc1. The number of hydrogen-bond donors (Lipinski definition) is 0. The number of rotatable bonds is 6. The maximum absolute atomic E-state index is 12.7. The number of nitrogens with zero attached hydrogens (tertiary/aromatic N) is 1. The van der Waals surface area contributed by atoms with Gasteiger partial charge in [-0.15, -0.1) is 0 Å². The van der Waals surface area contributed by atoms with Crippen LogP contribution in [0.1, 0.15) is 18.1 Å². The third kappa shape index (κ3) is 3.04. The molecule has 25 heavy (non-hydrogen) atoms. The van der Waals surface area contributed by atoms with Gasteiger partial charge in [0.25, 0.3) is 0 Å². The third-order valence-corrected chi connectivity index (χ3v) is 5.16. The predicted octanol–water partition coefficient (Wildman–Crippen LogP) is 2.86. The summed E-state index contributed by atoms with van der Waals surface area (Å²) in [5, 5.41) is 0. The van der Waals surface area contributed by atoms with Crippen LogP contribution in [0.15, 0.2) is 60.7 Å². The minimum Gasteiger partial charge on any atom is -0.467 e. The Balaban J connectivity index is 1.85. The Labute approximate surface area is 148 Å². The summed E-state index contributed by atoms with van der Waals surface area (Å²) < 4.78 is 5.10. The number of carbonyl (C=O) groups is 2. The Morgan fingerprint density at radius 2 is 1.60 bits per heavy atom. The lowest BCUT2D eigenvalue weighted by Crippen LogP contribution is -2.75. The maximum atomic E-state index is 12.7. The van der Waals surface area contributed by atoms with E-state index in [1.165, 1.54) is 7.11 Å². The van der Waals surface area contributed by atoms with Crippen molar-refractivity contribution in [3.63, 3.8) is 0 Å². The molecule has 2 atom stereocenters. The fraction of sp³-hybridized carbons (Fsp3) is 0.333. The van der Waals surface area contributed by atoms with E-state index in [-0.39, 0.29) is 17.8 Å². The summed E-state index contributed by atoms with van der Waals surface area (Å²) >= 11 is 0. The van der Waals surface area contributed by atoms with Crippen LogP contribution in [0.2, 0.25) is 0 Å². The first-order valence-corrected chi connectivity index (χ1v) is 8.57. The van der Waals surface area contributed by atoms with Crippen molar-refractivity contribution in [3.05, 3.63) is 71.8 Å². The van der Waals surface area contributed by atoms with Crippen LogP contribution < -0.4 is 0 Å². The summed E-state index contributed by atoms with van der Waals surface area (Å²) in [6.45, 7) is 2.33. The molecule has 3 rings (SSSR count). The van der Waals surface area contributed by atoms with E-state index < -0.39 is 5.54 Å². The third-order valence-electron chi connectivity index (χ3n) is 5.16. The van der Waals surface area contributed by atoms with E-state index in [0.717, 1.165) is 11.1 Å². The molecule has 4 heteroatoms. The molecule has 1 heterocycles. The Morgan fingerprint density at radius 1 is 1.04 bits per heavy atom. The van der Waals surface area contributed by atoms with Gasteiger partial charge in [-0.2, -0.15) is 0 Å². The monoisotopic (exact) mass is 337 g/mol. The van der Waals surface area contributed by atoms with Crippen LogP contribution in [-0.4, -0.2) is 36.0 Å². The smallest absolute Gasteiger partial charge is 0.332 e. The van der Waals surface area contributed by atoms with Crippen molar-refractivity contribution < 1.29 is 14.3 Å². The second kappa shape index (κ2) is 7.09. The number of benzene rings is 2. The van der Waals surface area contributed by atoms with Gasteiger partial charge in [0.2, 0.25) is 5.91 Å². The van der Waals surface area contributed by atoms with Gasteiger partial charge in [-0.25, -0.2) is 4.79 Å². The topological polar surface area (TPSA) is 46.6 Å². The van der Waals surface area contributed by atoms with Gasteiger partial charge < -0.3 is 9.64 Å². The number of hydrogen-bond acceptors (Lipinski definition) is 3. The van der Waals surface area contributed by atoms with Crippen LogP contribution in [0.5, 0.6) is 0 Å². The zero-order chi connectivity index (χ0) is 17.9. The van der Waals surface area contributed by atoms with E-state index in [0.29, 0.717) is 19.4 Å². The molecular formula is C21H23NO3. The lowest BCUT2D eigenvalue weighted by Gasteiger charge is -2.54. The molecule has 2 aromatic rings. The van der Waals surface area contributed by atoms with Gasteiger partial charge >= 0.3 is 5.97 Å². The number of likely N-dealkylation sites (tertiary alicyclic amines) is 1. The maximum Gasteiger partial charge on any atom is 0.332 e. The van der Waals surface area contributed by atoms with Gasteiger partial charge in [-0.3, -0.25) is 4.79 Å². The zero-order valence-corrected chi connectivity index (χ0v) is 14.6. The standard InChI is InChI=1S/C21H23NO3/c1-16-19(23)22(14-13-17-9-5-3-6-10-17)21(16,20(24)25-2)15-18-11-7-4-8-12-18/h3-12,16H,13-15H2,1-2H3/t16-,21+/m1/s1. The highest BCUT2D eigenvalue weighted by molar-refractivity contribution is 6.01. The Hall–Kier alpha value is -2.62. The van der Waals surface area contributed by atoms with Crippen molar-refractivity contribution >= 4 is 11.9 Å². The first-order chi connectivity index (χ1) is 12.1. The predicted molar refractivity (Wildman–Crippen MR) is 95.9 cm³/mol. The van der Waals surface area contributed by atoms with Crippen LogP contribution >= 0.6 is 0 Å². The summed E-state index contributed by atoms with van der Waals surface area (Å²) in [7, 11) is 1.39. The average Bonchev–Trinajstić information content (AvgIpc) is 2.67. The van der Waals surface area contributed by atoms with Gasteiger partial charge in [0.1, 0.15) is 0 Å². The quantitative estimate of drug-likeness (QED) is 0.601. The second-order valence-electron chi connectivity index (χ2n) is 6.53. The number of carbonyl (C=O) groups excluding carboxylic acids is 2. The molecule has 0 spiro atoms. The van der Waals surface area contributed by atoms with Crippen molar-refractivity contribution in [1.82, 2.24) is 4.90 Å². The van der Waals surface area contributed by atoms with Gasteiger partial charge in [0.05, 0.1) is 13.0 Å². The Bertz CT molecular complexity index is 744. The number of amides is 1. The van der Waals surface area contributed by atoms with E-state index in [1.807, 2.05) is 67.6 Å². The van der Waals surface area contributed by atoms with Gasteiger partial charge in [0.15, 0.2) is 5.54 Å². The molecule has 0 unspecified atom stereocenters. The Kier molecular flexibility index (Phi) is 4.88. The highest BCUT2D eigenvalue weighted by Gasteiger charge is 2.62. The zero-order valence-electron chi connectivity index (χ0n) is 14.6. The van der Waals surface area contributed by atoms with E-state index in [4.69, 9.17) is 4.74 Å². The molecule has 0 radical (unpaired) electrons. The number of esters is 1. The molecule has 1 aliphatic rings. The summed E-state index contributed by atoms with van der Waals surface area (Å²) in [5.74, 6) is -0.704. The molecule has 0 N–H and O–H groups in total. The molecule has 1 aliphatic heterocycles. The van der Waals surface area contributed by atoms with Crippen molar-refractivity contribution in [1.29, 1.82) is 0 Å². The van der Waals surface area contributed by atoms with Gasteiger partial charge in [-0.05, 0) is 17.5 Å². The van der Waals surface area contributed by atoms with Crippen LogP contribution in [0.25, 0.3) is 0 Å². The molecule has 0 aromatic heterocycles. The van der Waals surface area contributed by atoms with Gasteiger partial charge in [0, 0.05) is 13.0 Å². The fourth-order valence-corrected chi connectivity index (χ4v) is 3.69. The molecular weight excluding hydrogens is 314 g/mol. The molecule has 0 bridgehead atoms. The lowest BCUT2D eigenvalue weighted by molar-refractivity contribution is -0.188. The first kappa shape index (κ1) is 17.2. The average molecular weight is 337 g/mol. The lowest BCUT2D eigenvalue weighted by atomic mass is 9.70. The van der Waals surface area contributed by atoms with E-state index in [2.05, 4.69) is 0 Å². The summed E-state index contributed by atoms with van der Waals surface area (Å²) in [6, 6.07) is 19.8. The molecule has 130 valence electrons. The van der Waals surface area contributed by atoms with Crippen LogP contribution in [0, 0.1) is 5.92 Å². The highest BCUT2D eigenvalue weighted by Crippen LogP contribution is 2.41. The van der Waals surface area contributed by atoms with Crippen LogP contribution in [0.4, 0.5) is 0 Å². The first-order valence-electron chi connectivity index (χ1n) is 8.57. The van der Waals surface area contributed by atoms with Crippen molar-refractivity contribution in [2.45, 2.75) is 25.3 Å². The Morgan fingerprint density at radius 3 is 2.16 bits per heavy atom. The summed E-state index contributed by atoms with van der Waals surface area (Å²) in [5.41, 5.74) is 1.26. The number of ether oxygens (including phenoxy) is 1. The highest BCUT2D eigenvalue weighted by atomic mass is 16.5. The molecule has 0 aliphatic carbocycles. The van der Waals surface area contributed by atoms with Crippen molar-refractivity contribution in [3.8, 4) is 0 Å². The van der Waals surface area contributed by atoms with Crippen molar-refractivity contribution in [2.75, 3.05) is 13.7 Å². The minimum atomic E-state index is -0.915. The molecule has 4 nitrogen and oxygen atoms in total. The molecule has 2 aromatic carbocycles. The summed E-state index contributed by atoms with van der Waals surface area (Å²) in [4.78, 5) is 26.9. The normalized spacial score (nSPS) is 22.4. The molecule has 1 fully saturated rings. The number of methoxy groups -OCH3 is 1. The van der Waals surface area contributed by atoms with E-state index in [1.54, 1.807) is 4.90 Å². The molecule has 1 saturated heterocycles. The molecule has 1 amide bonds. The second-order valence-corrected chi connectivity index (χ2v) is 6.53. The molecule has 0 saturated carbocycles. The largest absolute Gasteiger partial charge is 0.467 e. The van der Waals surface area contributed by atoms with Crippen LogP contribution in [-0.2, 0) is 27.2 Å². The van der Waals surface area contributed by atoms with E-state index in [9.17, 15) is 9.59 Å².